The molecule has 1 saturated heterocycles. The quantitative estimate of drug-likeness (QED) is 0.857. The lowest BCUT2D eigenvalue weighted by atomic mass is 10.1. The molecular formula is C13H21N3O4S. The second-order valence-electron chi connectivity index (χ2n) is 6.02. The van der Waals surface area contributed by atoms with Crippen molar-refractivity contribution in [3.63, 3.8) is 0 Å². The van der Waals surface area contributed by atoms with E-state index in [1.54, 1.807) is 11.0 Å². The highest BCUT2D eigenvalue weighted by Gasteiger charge is 2.31. The highest BCUT2D eigenvalue weighted by atomic mass is 32.2. The standard InChI is InChI=1S/C13H21N3O4S/c1-9(2)5-11-6-12(20-15-11)13(17)16-4-3-10(7-16)8-21(14,18)19/h6,9-10H,3-5,7-8H2,1-2H3,(H2,14,18,19)/t10-/m0/s1. The molecule has 0 bridgehead atoms. The van der Waals surface area contributed by atoms with Gasteiger partial charge >= 0.3 is 0 Å². The summed E-state index contributed by atoms with van der Waals surface area (Å²) in [5.41, 5.74) is 0.758. The number of primary sulfonamides is 1. The average molecular weight is 315 g/mol. The summed E-state index contributed by atoms with van der Waals surface area (Å²) in [6.45, 7) is 5.03. The van der Waals surface area contributed by atoms with Crippen molar-refractivity contribution in [2.75, 3.05) is 18.8 Å². The molecule has 0 spiro atoms. The lowest BCUT2D eigenvalue weighted by Gasteiger charge is -2.14. The average Bonchev–Trinajstić information content (AvgIpc) is 2.94. The summed E-state index contributed by atoms with van der Waals surface area (Å²) in [5, 5.41) is 8.93. The first-order valence-electron chi connectivity index (χ1n) is 7.00. The third-order valence-corrected chi connectivity index (χ3v) is 4.36. The Morgan fingerprint density at radius 3 is 2.90 bits per heavy atom. The molecule has 8 heteroatoms. The molecule has 1 fully saturated rings. The topological polar surface area (TPSA) is 106 Å². The number of nitrogens with zero attached hydrogens (tertiary/aromatic N) is 2. The first kappa shape index (κ1) is 16.0. The number of amides is 1. The summed E-state index contributed by atoms with van der Waals surface area (Å²) in [4.78, 5) is 13.9. The van der Waals surface area contributed by atoms with Crippen molar-refractivity contribution in [2.24, 2.45) is 17.0 Å². The fraction of sp³-hybridized carbons (Fsp3) is 0.692. The van der Waals surface area contributed by atoms with Gasteiger partial charge in [-0.15, -0.1) is 0 Å². The molecular weight excluding hydrogens is 294 g/mol. The highest BCUT2D eigenvalue weighted by Crippen LogP contribution is 2.20. The van der Waals surface area contributed by atoms with E-state index in [2.05, 4.69) is 19.0 Å². The van der Waals surface area contributed by atoms with Gasteiger partial charge in [-0.1, -0.05) is 19.0 Å². The van der Waals surface area contributed by atoms with Gasteiger partial charge in [0.05, 0.1) is 11.4 Å². The second kappa shape index (κ2) is 6.15. The van der Waals surface area contributed by atoms with Crippen LogP contribution in [0.3, 0.4) is 0 Å². The van der Waals surface area contributed by atoms with Gasteiger partial charge in [0.2, 0.25) is 15.8 Å². The van der Waals surface area contributed by atoms with Crippen LogP contribution >= 0.6 is 0 Å². The van der Waals surface area contributed by atoms with Gasteiger partial charge in [-0.2, -0.15) is 0 Å². The van der Waals surface area contributed by atoms with Crippen LogP contribution in [0.2, 0.25) is 0 Å². The van der Waals surface area contributed by atoms with Crippen molar-refractivity contribution in [2.45, 2.75) is 26.7 Å². The van der Waals surface area contributed by atoms with Crippen molar-refractivity contribution in [1.82, 2.24) is 10.1 Å². The third kappa shape index (κ3) is 4.53. The molecule has 1 aliphatic rings. The van der Waals surface area contributed by atoms with Gasteiger partial charge in [-0.25, -0.2) is 13.6 Å². The van der Waals surface area contributed by atoms with Crippen LogP contribution in [0, 0.1) is 11.8 Å². The summed E-state index contributed by atoms with van der Waals surface area (Å²) in [6, 6.07) is 1.66. The van der Waals surface area contributed by atoms with Crippen molar-refractivity contribution < 1.29 is 17.7 Å². The normalized spacial score (nSPS) is 19.4. The zero-order valence-electron chi connectivity index (χ0n) is 12.3. The molecule has 1 amide bonds. The number of carbonyl (C=O) groups is 1. The van der Waals surface area contributed by atoms with Gasteiger partial charge < -0.3 is 9.42 Å². The number of carbonyl (C=O) groups excluding carboxylic acids is 1. The van der Waals surface area contributed by atoms with Crippen LogP contribution in [0.25, 0.3) is 0 Å². The van der Waals surface area contributed by atoms with Gasteiger partial charge in [0, 0.05) is 19.2 Å². The predicted molar refractivity (Wildman–Crippen MR) is 77.0 cm³/mol. The number of aromatic nitrogens is 1. The number of sulfonamides is 1. The van der Waals surface area contributed by atoms with Crippen molar-refractivity contribution in [1.29, 1.82) is 0 Å². The van der Waals surface area contributed by atoms with Gasteiger partial charge in [-0.3, -0.25) is 4.79 Å². The molecule has 0 aliphatic carbocycles. The maximum absolute atomic E-state index is 12.3. The van der Waals surface area contributed by atoms with E-state index in [0.29, 0.717) is 25.4 Å². The number of likely N-dealkylation sites (tertiary alicyclic amines) is 1. The number of hydrogen-bond acceptors (Lipinski definition) is 5. The first-order chi connectivity index (χ1) is 9.74. The van der Waals surface area contributed by atoms with E-state index < -0.39 is 10.0 Å². The van der Waals surface area contributed by atoms with Crippen LogP contribution in [0.4, 0.5) is 0 Å². The number of hydrogen-bond donors (Lipinski definition) is 1. The summed E-state index contributed by atoms with van der Waals surface area (Å²) in [5.74, 6) is 0.202. The van der Waals surface area contributed by atoms with E-state index in [1.165, 1.54) is 0 Å². The minimum absolute atomic E-state index is 0.0915. The van der Waals surface area contributed by atoms with Crippen molar-refractivity contribution in [3.8, 4) is 0 Å². The fourth-order valence-corrected chi connectivity index (χ4v) is 3.49. The number of rotatable bonds is 5. The molecule has 0 saturated carbocycles. The zero-order valence-corrected chi connectivity index (χ0v) is 13.1. The predicted octanol–water partition coefficient (Wildman–Crippen LogP) is 0.624. The number of nitrogens with two attached hydrogens (primary N) is 1. The third-order valence-electron chi connectivity index (χ3n) is 3.43. The van der Waals surface area contributed by atoms with Crippen LogP contribution in [-0.2, 0) is 16.4 Å². The second-order valence-corrected chi connectivity index (χ2v) is 7.67. The maximum atomic E-state index is 12.3. The fourth-order valence-electron chi connectivity index (χ4n) is 2.56. The lowest BCUT2D eigenvalue weighted by molar-refractivity contribution is 0.0746. The molecule has 0 aromatic carbocycles. The van der Waals surface area contributed by atoms with Crippen LogP contribution in [0.1, 0.15) is 36.5 Å². The maximum Gasteiger partial charge on any atom is 0.292 e. The van der Waals surface area contributed by atoms with Crippen LogP contribution in [0.5, 0.6) is 0 Å². The van der Waals surface area contributed by atoms with E-state index in [1.807, 2.05) is 0 Å². The summed E-state index contributed by atoms with van der Waals surface area (Å²) in [6.07, 6.45) is 1.39. The lowest BCUT2D eigenvalue weighted by Crippen LogP contribution is -2.30. The summed E-state index contributed by atoms with van der Waals surface area (Å²) >= 11 is 0. The Morgan fingerprint density at radius 1 is 1.57 bits per heavy atom. The van der Waals surface area contributed by atoms with Crippen molar-refractivity contribution >= 4 is 15.9 Å². The van der Waals surface area contributed by atoms with Crippen LogP contribution in [-0.4, -0.2) is 43.2 Å². The molecule has 21 heavy (non-hydrogen) atoms. The van der Waals surface area contributed by atoms with Crippen LogP contribution in [0.15, 0.2) is 10.6 Å². The Morgan fingerprint density at radius 2 is 2.29 bits per heavy atom. The van der Waals surface area contributed by atoms with Gasteiger partial charge in [0.25, 0.3) is 5.91 Å². The molecule has 1 atom stereocenters. The monoisotopic (exact) mass is 315 g/mol. The molecule has 2 N–H and O–H groups in total. The van der Waals surface area contributed by atoms with Gasteiger partial charge in [0.15, 0.2) is 0 Å². The minimum atomic E-state index is -3.50. The zero-order chi connectivity index (χ0) is 15.6. The molecule has 1 aliphatic heterocycles. The van der Waals surface area contributed by atoms with E-state index in [4.69, 9.17) is 9.66 Å². The highest BCUT2D eigenvalue weighted by molar-refractivity contribution is 7.89. The molecule has 7 nitrogen and oxygen atoms in total. The Bertz CT molecular complexity index is 609. The van der Waals surface area contributed by atoms with Gasteiger partial charge in [-0.05, 0) is 24.7 Å². The van der Waals surface area contributed by atoms with E-state index in [-0.39, 0.29) is 23.3 Å². The molecule has 118 valence electrons. The Kier molecular flexibility index (Phi) is 4.67. The molecule has 0 unspecified atom stereocenters. The Balaban J connectivity index is 1.96. The molecule has 0 radical (unpaired) electrons. The van der Waals surface area contributed by atoms with Crippen molar-refractivity contribution in [3.05, 3.63) is 17.5 Å². The first-order valence-corrected chi connectivity index (χ1v) is 8.71. The molecule has 1 aromatic heterocycles. The minimum Gasteiger partial charge on any atom is -0.351 e. The molecule has 1 aromatic rings. The summed E-state index contributed by atoms with van der Waals surface area (Å²) in [7, 11) is -3.50. The summed E-state index contributed by atoms with van der Waals surface area (Å²) < 4.78 is 27.3. The SMILES string of the molecule is CC(C)Cc1cc(C(=O)N2CC[C@H](CS(N)(=O)=O)C2)on1. The Labute approximate surface area is 124 Å². The van der Waals surface area contributed by atoms with Gasteiger partial charge in [0.1, 0.15) is 0 Å². The van der Waals surface area contributed by atoms with Crippen LogP contribution < -0.4 is 5.14 Å². The molecule has 2 rings (SSSR count). The largest absolute Gasteiger partial charge is 0.351 e. The molecule has 2 heterocycles. The smallest absolute Gasteiger partial charge is 0.292 e. The van der Waals surface area contributed by atoms with E-state index in [9.17, 15) is 13.2 Å². The van der Waals surface area contributed by atoms with E-state index >= 15 is 0 Å². The van der Waals surface area contributed by atoms with E-state index in [0.717, 1.165) is 12.1 Å². The Hall–Kier alpha value is -1.41.